The van der Waals surface area contributed by atoms with Gasteiger partial charge in [0.05, 0.1) is 13.2 Å². The Morgan fingerprint density at radius 3 is 1.55 bits per heavy atom. The van der Waals surface area contributed by atoms with E-state index in [1.165, 1.54) is 25.7 Å². The second kappa shape index (κ2) is 7.91. The maximum absolute atomic E-state index is 9.68. The molecule has 2 aliphatic rings. The topological polar surface area (TPSA) is 46.9 Å². The molecule has 0 aliphatic carbocycles. The highest BCUT2D eigenvalue weighted by Gasteiger charge is 2.34. The van der Waals surface area contributed by atoms with E-state index >= 15 is 0 Å². The summed E-state index contributed by atoms with van der Waals surface area (Å²) in [7, 11) is 0. The summed E-state index contributed by atoms with van der Waals surface area (Å²) < 4.78 is 0. The molecule has 128 valence electrons. The van der Waals surface area contributed by atoms with Crippen molar-refractivity contribution in [3.8, 4) is 0 Å². The van der Waals surface area contributed by atoms with E-state index in [0.717, 1.165) is 39.0 Å². The minimum absolute atomic E-state index is 0.0483. The number of rotatable bonds is 6. The quantitative estimate of drug-likeness (QED) is 0.737. The summed E-state index contributed by atoms with van der Waals surface area (Å²) in [5, 5.41) is 19.4. The Morgan fingerprint density at radius 1 is 0.773 bits per heavy atom. The SMILES string of the molecule is C[C@]1(CO)CCCCN1C/C=C/CN1CCCC[C@]1(C)CO. The molecule has 22 heavy (non-hydrogen) atoms. The molecule has 2 rings (SSSR count). The molecule has 0 aromatic rings. The minimum Gasteiger partial charge on any atom is -0.394 e. The average Bonchev–Trinajstić information content (AvgIpc) is 2.54. The maximum Gasteiger partial charge on any atom is 0.0612 e. The van der Waals surface area contributed by atoms with Crippen molar-refractivity contribution in [1.82, 2.24) is 9.80 Å². The lowest BCUT2D eigenvalue weighted by atomic mass is 9.89. The van der Waals surface area contributed by atoms with Crippen LogP contribution in [0.5, 0.6) is 0 Å². The molecule has 0 saturated carbocycles. The van der Waals surface area contributed by atoms with Gasteiger partial charge in [-0.1, -0.05) is 25.0 Å². The largest absolute Gasteiger partial charge is 0.394 e. The summed E-state index contributed by atoms with van der Waals surface area (Å²) in [6.45, 7) is 8.84. The first kappa shape index (κ1) is 17.9. The van der Waals surface area contributed by atoms with Gasteiger partial charge in [0.15, 0.2) is 0 Å². The molecule has 0 aromatic carbocycles. The lowest BCUT2D eigenvalue weighted by Gasteiger charge is -2.44. The van der Waals surface area contributed by atoms with Crippen molar-refractivity contribution in [3.05, 3.63) is 12.2 Å². The number of likely N-dealkylation sites (tertiary alicyclic amines) is 2. The van der Waals surface area contributed by atoms with Crippen LogP contribution in [0, 0.1) is 0 Å². The number of nitrogens with zero attached hydrogens (tertiary/aromatic N) is 2. The molecule has 2 N–H and O–H groups in total. The minimum atomic E-state index is -0.0483. The van der Waals surface area contributed by atoms with Crippen molar-refractivity contribution in [2.24, 2.45) is 0 Å². The van der Waals surface area contributed by atoms with Gasteiger partial charge in [-0.3, -0.25) is 9.80 Å². The number of hydrogen-bond donors (Lipinski definition) is 2. The predicted molar refractivity (Wildman–Crippen MR) is 91.0 cm³/mol. The third-order valence-electron chi connectivity index (χ3n) is 5.81. The molecule has 4 nitrogen and oxygen atoms in total. The van der Waals surface area contributed by atoms with Gasteiger partial charge in [0.1, 0.15) is 0 Å². The summed E-state index contributed by atoms with van der Waals surface area (Å²) in [5.41, 5.74) is -0.0966. The van der Waals surface area contributed by atoms with E-state index in [-0.39, 0.29) is 24.3 Å². The van der Waals surface area contributed by atoms with Crippen molar-refractivity contribution in [2.45, 2.75) is 63.5 Å². The fraction of sp³-hybridized carbons (Fsp3) is 0.889. The Morgan fingerprint density at radius 2 is 1.18 bits per heavy atom. The van der Waals surface area contributed by atoms with Crippen molar-refractivity contribution in [2.75, 3.05) is 39.4 Å². The highest BCUT2D eigenvalue weighted by atomic mass is 16.3. The lowest BCUT2D eigenvalue weighted by molar-refractivity contribution is 0.0184. The van der Waals surface area contributed by atoms with E-state index in [4.69, 9.17) is 0 Å². The van der Waals surface area contributed by atoms with Crippen LogP contribution in [0.25, 0.3) is 0 Å². The van der Waals surface area contributed by atoms with Gasteiger partial charge < -0.3 is 10.2 Å². The van der Waals surface area contributed by atoms with Gasteiger partial charge in [0.25, 0.3) is 0 Å². The van der Waals surface area contributed by atoms with Gasteiger partial charge in [-0.2, -0.15) is 0 Å². The molecule has 2 heterocycles. The second-order valence-electron chi connectivity index (χ2n) is 7.59. The lowest BCUT2D eigenvalue weighted by Crippen LogP contribution is -2.52. The van der Waals surface area contributed by atoms with Crippen LogP contribution in [0.3, 0.4) is 0 Å². The summed E-state index contributed by atoms with van der Waals surface area (Å²) in [5.74, 6) is 0. The average molecular weight is 310 g/mol. The molecule has 4 heteroatoms. The summed E-state index contributed by atoms with van der Waals surface area (Å²) in [6, 6.07) is 0. The van der Waals surface area contributed by atoms with E-state index in [1.807, 2.05) is 0 Å². The van der Waals surface area contributed by atoms with Crippen LogP contribution in [0.15, 0.2) is 12.2 Å². The molecule has 0 amide bonds. The van der Waals surface area contributed by atoms with E-state index in [9.17, 15) is 10.2 Å². The van der Waals surface area contributed by atoms with Crippen LogP contribution in [-0.4, -0.2) is 70.5 Å². The van der Waals surface area contributed by atoms with Crippen molar-refractivity contribution in [1.29, 1.82) is 0 Å². The molecule has 2 aliphatic heterocycles. The number of aliphatic hydroxyl groups excluding tert-OH is 2. The Labute approximate surface area is 135 Å². The Bertz CT molecular complexity index is 340. The highest BCUT2D eigenvalue weighted by Crippen LogP contribution is 2.28. The Kier molecular flexibility index (Phi) is 6.45. The number of aliphatic hydroxyl groups is 2. The molecule has 2 saturated heterocycles. The van der Waals surface area contributed by atoms with Crippen molar-refractivity contribution in [3.63, 3.8) is 0 Å². The molecule has 2 atom stereocenters. The second-order valence-corrected chi connectivity index (χ2v) is 7.59. The number of hydrogen-bond acceptors (Lipinski definition) is 4. The van der Waals surface area contributed by atoms with E-state index in [2.05, 4.69) is 35.8 Å². The van der Waals surface area contributed by atoms with Crippen LogP contribution in [0.2, 0.25) is 0 Å². The zero-order chi connectivity index (χ0) is 16.1. The molecule has 0 unspecified atom stereocenters. The molecular weight excluding hydrogens is 276 g/mol. The van der Waals surface area contributed by atoms with Crippen LogP contribution in [0.1, 0.15) is 52.4 Å². The van der Waals surface area contributed by atoms with Crippen LogP contribution in [-0.2, 0) is 0 Å². The summed E-state index contributed by atoms with van der Waals surface area (Å²) >= 11 is 0. The molecule has 0 bridgehead atoms. The van der Waals surface area contributed by atoms with Gasteiger partial charge in [-0.15, -0.1) is 0 Å². The number of piperidine rings is 2. The van der Waals surface area contributed by atoms with Gasteiger partial charge in [0.2, 0.25) is 0 Å². The maximum atomic E-state index is 9.68. The fourth-order valence-corrected chi connectivity index (χ4v) is 3.86. The monoisotopic (exact) mass is 310 g/mol. The van der Waals surface area contributed by atoms with Crippen molar-refractivity contribution < 1.29 is 10.2 Å². The zero-order valence-corrected chi connectivity index (χ0v) is 14.4. The first-order chi connectivity index (χ1) is 10.5. The molecule has 0 aromatic heterocycles. The Hall–Kier alpha value is -0.420. The molecule has 0 radical (unpaired) electrons. The smallest absolute Gasteiger partial charge is 0.0612 e. The summed E-state index contributed by atoms with van der Waals surface area (Å²) in [4.78, 5) is 4.82. The summed E-state index contributed by atoms with van der Waals surface area (Å²) in [6.07, 6.45) is 11.6. The van der Waals surface area contributed by atoms with Crippen molar-refractivity contribution >= 4 is 0 Å². The normalized spacial score (nSPS) is 35.3. The first-order valence-corrected chi connectivity index (χ1v) is 8.91. The van der Waals surface area contributed by atoms with Gasteiger partial charge in [-0.05, 0) is 52.6 Å². The molecular formula is C18H34N2O2. The standard InChI is InChI=1S/C18H34N2O2/c1-17(15-21)9-3-5-11-19(17)13-7-8-14-20-12-6-4-10-18(20,2)16-22/h7-8,21-22H,3-6,9-16H2,1-2H3/b8-7+/t17-,18-/m1/s1. The van der Waals surface area contributed by atoms with Crippen LogP contribution < -0.4 is 0 Å². The molecule has 2 fully saturated rings. The van der Waals surface area contributed by atoms with E-state index in [1.54, 1.807) is 0 Å². The Balaban J connectivity index is 1.84. The van der Waals surface area contributed by atoms with E-state index in [0.29, 0.717) is 0 Å². The third kappa shape index (κ3) is 4.10. The predicted octanol–water partition coefficient (Wildman–Crippen LogP) is 2.02. The van der Waals surface area contributed by atoms with Gasteiger partial charge >= 0.3 is 0 Å². The van der Waals surface area contributed by atoms with Gasteiger partial charge in [-0.25, -0.2) is 0 Å². The zero-order valence-electron chi connectivity index (χ0n) is 14.4. The van der Waals surface area contributed by atoms with E-state index < -0.39 is 0 Å². The van der Waals surface area contributed by atoms with Crippen LogP contribution in [0.4, 0.5) is 0 Å². The van der Waals surface area contributed by atoms with Crippen LogP contribution >= 0.6 is 0 Å². The third-order valence-corrected chi connectivity index (χ3v) is 5.81. The molecule has 0 spiro atoms. The van der Waals surface area contributed by atoms with Gasteiger partial charge in [0, 0.05) is 24.2 Å². The highest BCUT2D eigenvalue weighted by molar-refractivity contribution is 4.98. The fourth-order valence-electron chi connectivity index (χ4n) is 3.86. The first-order valence-electron chi connectivity index (χ1n) is 8.91.